The molecule has 0 saturated heterocycles. The second-order valence-corrected chi connectivity index (χ2v) is 5.44. The van der Waals surface area contributed by atoms with Crippen molar-refractivity contribution >= 4 is 11.6 Å². The van der Waals surface area contributed by atoms with E-state index in [1.54, 1.807) is 6.92 Å². The zero-order chi connectivity index (χ0) is 14.9. The zero-order valence-electron chi connectivity index (χ0n) is 12.2. The predicted octanol–water partition coefficient (Wildman–Crippen LogP) is 1.49. The standard InChI is InChI=1S/C15H20O5/c1-9-5-6-12(20-8-18-3)15(2)13(9)10(16)7-11(19-4)14(15)17/h5-7,9,12-13H,8H2,1-4H3/t9-,12+,13+,15+/m0/s1. The Kier molecular flexibility index (Phi) is 4.11. The number of carbonyl (C=O) groups excluding carboxylic acids is 2. The van der Waals surface area contributed by atoms with Crippen LogP contribution in [0, 0.1) is 17.3 Å². The lowest BCUT2D eigenvalue weighted by molar-refractivity contribution is -0.160. The van der Waals surface area contributed by atoms with Crippen LogP contribution in [0.1, 0.15) is 13.8 Å². The molecule has 0 saturated carbocycles. The number of fused-ring (bicyclic) bond motifs is 1. The third-order valence-electron chi connectivity index (χ3n) is 4.23. The van der Waals surface area contributed by atoms with Gasteiger partial charge >= 0.3 is 0 Å². The van der Waals surface area contributed by atoms with E-state index in [2.05, 4.69) is 0 Å². The minimum Gasteiger partial charge on any atom is -0.493 e. The van der Waals surface area contributed by atoms with E-state index < -0.39 is 17.4 Å². The van der Waals surface area contributed by atoms with Gasteiger partial charge < -0.3 is 14.2 Å². The SMILES string of the molecule is COCO[C@@H]1C=C[C@H](C)[C@@H]2C(=O)C=C(OC)C(=O)[C@]12C. The number of Topliss-reactive ketones (excluding diaryl/α,β-unsaturated/α-hetero) is 1. The Morgan fingerprint density at radius 3 is 2.55 bits per heavy atom. The van der Waals surface area contributed by atoms with Crippen molar-refractivity contribution in [1.29, 1.82) is 0 Å². The van der Waals surface area contributed by atoms with E-state index in [1.807, 2.05) is 19.1 Å². The second-order valence-electron chi connectivity index (χ2n) is 5.44. The zero-order valence-corrected chi connectivity index (χ0v) is 12.2. The summed E-state index contributed by atoms with van der Waals surface area (Å²) in [4.78, 5) is 25.0. The Bertz CT molecular complexity index is 479. The summed E-state index contributed by atoms with van der Waals surface area (Å²) in [7, 11) is 2.91. The topological polar surface area (TPSA) is 61.8 Å². The highest BCUT2D eigenvalue weighted by Gasteiger charge is 2.57. The summed E-state index contributed by atoms with van der Waals surface area (Å²) in [5.41, 5.74) is -0.954. The number of rotatable bonds is 4. The molecule has 110 valence electrons. The Balaban J connectivity index is 2.46. The highest BCUT2D eigenvalue weighted by molar-refractivity contribution is 6.12. The van der Waals surface area contributed by atoms with Crippen LogP contribution < -0.4 is 0 Å². The summed E-state index contributed by atoms with van der Waals surface area (Å²) < 4.78 is 15.6. The lowest BCUT2D eigenvalue weighted by atomic mass is 9.58. The number of hydrogen-bond acceptors (Lipinski definition) is 5. The predicted molar refractivity (Wildman–Crippen MR) is 71.8 cm³/mol. The highest BCUT2D eigenvalue weighted by Crippen LogP contribution is 2.47. The van der Waals surface area contributed by atoms with Crippen molar-refractivity contribution in [3.63, 3.8) is 0 Å². The molecule has 0 unspecified atom stereocenters. The van der Waals surface area contributed by atoms with Gasteiger partial charge in [0.25, 0.3) is 0 Å². The fraction of sp³-hybridized carbons (Fsp3) is 0.600. The second kappa shape index (κ2) is 5.50. The van der Waals surface area contributed by atoms with Crippen LogP contribution >= 0.6 is 0 Å². The largest absolute Gasteiger partial charge is 0.493 e. The van der Waals surface area contributed by atoms with Crippen LogP contribution in [0.2, 0.25) is 0 Å². The van der Waals surface area contributed by atoms with Gasteiger partial charge in [0, 0.05) is 19.1 Å². The first-order chi connectivity index (χ1) is 9.46. The number of carbonyl (C=O) groups is 2. The molecule has 0 heterocycles. The summed E-state index contributed by atoms with van der Waals surface area (Å²) in [6.45, 7) is 3.77. The summed E-state index contributed by atoms with van der Waals surface area (Å²) in [6.07, 6.45) is 4.56. The third kappa shape index (κ3) is 2.11. The minimum atomic E-state index is -0.954. The number of ether oxygens (including phenoxy) is 3. The van der Waals surface area contributed by atoms with Gasteiger partial charge in [-0.05, 0) is 12.8 Å². The van der Waals surface area contributed by atoms with Crippen molar-refractivity contribution in [3.8, 4) is 0 Å². The molecule has 0 aliphatic heterocycles. The van der Waals surface area contributed by atoms with Crippen molar-refractivity contribution in [1.82, 2.24) is 0 Å². The molecule has 5 heteroatoms. The number of allylic oxidation sites excluding steroid dienone is 3. The molecule has 0 radical (unpaired) electrons. The van der Waals surface area contributed by atoms with Crippen LogP contribution in [0.4, 0.5) is 0 Å². The molecule has 2 aliphatic carbocycles. The van der Waals surface area contributed by atoms with Gasteiger partial charge in [0.05, 0.1) is 18.6 Å². The van der Waals surface area contributed by atoms with Gasteiger partial charge in [0.2, 0.25) is 5.78 Å². The van der Waals surface area contributed by atoms with Crippen molar-refractivity contribution in [3.05, 3.63) is 24.0 Å². The van der Waals surface area contributed by atoms with Gasteiger partial charge in [-0.25, -0.2) is 0 Å². The lowest BCUT2D eigenvalue weighted by Crippen LogP contribution is -2.55. The van der Waals surface area contributed by atoms with E-state index in [1.165, 1.54) is 20.3 Å². The van der Waals surface area contributed by atoms with E-state index in [0.717, 1.165) is 0 Å². The molecule has 20 heavy (non-hydrogen) atoms. The average Bonchev–Trinajstić information content (AvgIpc) is 2.42. The Hall–Kier alpha value is -1.46. The van der Waals surface area contributed by atoms with Crippen LogP contribution in [0.15, 0.2) is 24.0 Å². The van der Waals surface area contributed by atoms with Crippen molar-refractivity contribution in [2.24, 2.45) is 17.3 Å². The van der Waals surface area contributed by atoms with Crippen LogP contribution in [-0.4, -0.2) is 38.7 Å². The molecule has 2 rings (SSSR count). The maximum atomic E-state index is 12.7. The molecule has 0 aromatic rings. The number of ketones is 2. The van der Waals surface area contributed by atoms with Gasteiger partial charge in [-0.3, -0.25) is 9.59 Å². The van der Waals surface area contributed by atoms with Crippen LogP contribution in [0.25, 0.3) is 0 Å². The maximum absolute atomic E-state index is 12.7. The Morgan fingerprint density at radius 1 is 1.25 bits per heavy atom. The summed E-state index contributed by atoms with van der Waals surface area (Å²) in [6, 6.07) is 0. The van der Waals surface area contributed by atoms with Crippen LogP contribution in [0.3, 0.4) is 0 Å². The molecule has 0 spiro atoms. The van der Waals surface area contributed by atoms with E-state index in [-0.39, 0.29) is 30.0 Å². The molecule has 0 bridgehead atoms. The van der Waals surface area contributed by atoms with E-state index >= 15 is 0 Å². The molecular formula is C15H20O5. The summed E-state index contributed by atoms with van der Waals surface area (Å²) >= 11 is 0. The molecule has 0 fully saturated rings. The first kappa shape index (κ1) is 14.9. The van der Waals surface area contributed by atoms with E-state index in [0.29, 0.717) is 0 Å². The molecule has 0 amide bonds. The first-order valence-electron chi connectivity index (χ1n) is 6.60. The van der Waals surface area contributed by atoms with Crippen LogP contribution in [0.5, 0.6) is 0 Å². The van der Waals surface area contributed by atoms with Gasteiger partial charge in [0.1, 0.15) is 6.79 Å². The van der Waals surface area contributed by atoms with Crippen molar-refractivity contribution < 1.29 is 23.8 Å². The smallest absolute Gasteiger partial charge is 0.207 e. The van der Waals surface area contributed by atoms with Gasteiger partial charge in [-0.15, -0.1) is 0 Å². The molecule has 0 N–H and O–H groups in total. The monoisotopic (exact) mass is 280 g/mol. The molecule has 4 atom stereocenters. The van der Waals surface area contributed by atoms with Gasteiger partial charge in [-0.2, -0.15) is 0 Å². The molecule has 5 nitrogen and oxygen atoms in total. The Labute approximate surface area is 118 Å². The molecule has 2 aliphatic rings. The summed E-state index contributed by atoms with van der Waals surface area (Å²) in [5.74, 6) is -0.634. The molecule has 0 aromatic heterocycles. The van der Waals surface area contributed by atoms with Crippen molar-refractivity contribution in [2.75, 3.05) is 21.0 Å². The quantitative estimate of drug-likeness (QED) is 0.576. The third-order valence-corrected chi connectivity index (χ3v) is 4.23. The lowest BCUT2D eigenvalue weighted by Gasteiger charge is -2.46. The van der Waals surface area contributed by atoms with Crippen molar-refractivity contribution in [2.45, 2.75) is 20.0 Å². The normalized spacial score (nSPS) is 36.6. The number of hydrogen-bond donors (Lipinski definition) is 0. The van der Waals surface area contributed by atoms with Gasteiger partial charge in [-0.1, -0.05) is 19.1 Å². The van der Waals surface area contributed by atoms with E-state index in [4.69, 9.17) is 14.2 Å². The number of methoxy groups -OCH3 is 2. The minimum absolute atomic E-state index is 0.0199. The Morgan fingerprint density at radius 2 is 1.95 bits per heavy atom. The van der Waals surface area contributed by atoms with Gasteiger partial charge in [0.15, 0.2) is 11.5 Å². The average molecular weight is 280 g/mol. The molecule has 0 aromatic carbocycles. The fourth-order valence-electron chi connectivity index (χ4n) is 3.21. The first-order valence-corrected chi connectivity index (χ1v) is 6.60. The summed E-state index contributed by atoms with van der Waals surface area (Å²) in [5, 5.41) is 0. The van der Waals surface area contributed by atoms with Crippen LogP contribution in [-0.2, 0) is 23.8 Å². The fourth-order valence-corrected chi connectivity index (χ4v) is 3.21. The molecular weight excluding hydrogens is 260 g/mol. The van der Waals surface area contributed by atoms with E-state index in [9.17, 15) is 9.59 Å². The highest BCUT2D eigenvalue weighted by atomic mass is 16.7. The maximum Gasteiger partial charge on any atom is 0.207 e.